The summed E-state index contributed by atoms with van der Waals surface area (Å²) in [6, 6.07) is 12.0. The molecule has 1 amide bonds. The molecule has 0 unspecified atom stereocenters. The third-order valence-corrected chi connectivity index (χ3v) is 4.23. The molecule has 7 heteroatoms. The lowest BCUT2D eigenvalue weighted by Gasteiger charge is -2.09. The van der Waals surface area contributed by atoms with Crippen LogP contribution in [-0.4, -0.2) is 25.5 Å². The SMILES string of the molecule is Cc1nc2ccc(C(=O)Nn3cnc4ccccc4c3=O)cc2nc1C. The molecule has 0 aliphatic carbocycles. The van der Waals surface area contributed by atoms with Crippen molar-refractivity contribution in [3.8, 4) is 0 Å². The third kappa shape index (κ3) is 2.69. The van der Waals surface area contributed by atoms with Crippen molar-refractivity contribution in [2.45, 2.75) is 13.8 Å². The molecule has 0 aliphatic heterocycles. The molecule has 0 aliphatic rings. The highest BCUT2D eigenvalue weighted by Gasteiger charge is 2.11. The van der Waals surface area contributed by atoms with Gasteiger partial charge in [-0.1, -0.05) is 12.1 Å². The fraction of sp³-hybridized carbons (Fsp3) is 0.105. The van der Waals surface area contributed by atoms with Gasteiger partial charge in [-0.2, -0.15) is 0 Å². The highest BCUT2D eigenvalue weighted by molar-refractivity contribution is 6.02. The topological polar surface area (TPSA) is 89.8 Å². The summed E-state index contributed by atoms with van der Waals surface area (Å²) in [5.74, 6) is -0.425. The van der Waals surface area contributed by atoms with Crippen molar-refractivity contribution < 1.29 is 4.79 Å². The molecule has 0 fully saturated rings. The molecule has 0 bridgehead atoms. The first-order valence-corrected chi connectivity index (χ1v) is 8.06. The molecule has 0 saturated heterocycles. The first kappa shape index (κ1) is 15.9. The Hall–Kier alpha value is -3.61. The van der Waals surface area contributed by atoms with E-state index in [9.17, 15) is 9.59 Å². The maximum Gasteiger partial charge on any atom is 0.280 e. The Morgan fingerprint density at radius 3 is 2.50 bits per heavy atom. The van der Waals surface area contributed by atoms with Crippen LogP contribution in [-0.2, 0) is 0 Å². The van der Waals surface area contributed by atoms with Crippen molar-refractivity contribution >= 4 is 27.8 Å². The number of carbonyl (C=O) groups excluding carboxylic acids is 1. The first-order valence-electron chi connectivity index (χ1n) is 8.06. The number of carbonyl (C=O) groups is 1. The van der Waals surface area contributed by atoms with Crippen LogP contribution >= 0.6 is 0 Å². The molecule has 2 aromatic carbocycles. The number of amides is 1. The standard InChI is InChI=1S/C19H15N5O2/c1-11-12(2)22-17-9-13(7-8-16(17)21-11)18(25)23-24-10-20-15-6-4-3-5-14(15)19(24)26/h3-10H,1-2H3,(H,23,25). The van der Waals surface area contributed by atoms with Crippen molar-refractivity contribution in [3.63, 3.8) is 0 Å². The van der Waals surface area contributed by atoms with Crippen LogP contribution in [0.25, 0.3) is 21.9 Å². The molecule has 7 nitrogen and oxygen atoms in total. The number of hydrogen-bond donors (Lipinski definition) is 1. The molecule has 0 saturated carbocycles. The van der Waals surface area contributed by atoms with Crippen molar-refractivity contribution in [3.05, 3.63) is 76.1 Å². The average Bonchev–Trinajstić information content (AvgIpc) is 2.65. The summed E-state index contributed by atoms with van der Waals surface area (Å²) in [5.41, 5.74) is 6.20. The second-order valence-electron chi connectivity index (χ2n) is 5.98. The maximum atomic E-state index is 12.6. The Morgan fingerprint density at radius 1 is 0.962 bits per heavy atom. The van der Waals surface area contributed by atoms with E-state index in [1.165, 1.54) is 6.33 Å². The fourth-order valence-corrected chi connectivity index (χ4v) is 2.69. The lowest BCUT2D eigenvalue weighted by Crippen LogP contribution is -2.33. The van der Waals surface area contributed by atoms with Gasteiger partial charge in [0.25, 0.3) is 11.5 Å². The van der Waals surface area contributed by atoms with Crippen molar-refractivity contribution in [2.75, 3.05) is 5.43 Å². The Labute approximate surface area is 148 Å². The molecule has 26 heavy (non-hydrogen) atoms. The Morgan fingerprint density at radius 2 is 1.69 bits per heavy atom. The van der Waals surface area contributed by atoms with Crippen LogP contribution in [0.15, 0.2) is 53.6 Å². The van der Waals surface area contributed by atoms with Gasteiger partial charge in [0.2, 0.25) is 0 Å². The number of para-hydroxylation sites is 1. The number of aromatic nitrogens is 4. The fourth-order valence-electron chi connectivity index (χ4n) is 2.69. The number of hydrogen-bond acceptors (Lipinski definition) is 5. The van der Waals surface area contributed by atoms with E-state index in [2.05, 4.69) is 20.4 Å². The average molecular weight is 345 g/mol. The van der Waals surface area contributed by atoms with Crippen LogP contribution in [0.3, 0.4) is 0 Å². The van der Waals surface area contributed by atoms with Gasteiger partial charge in [0.05, 0.1) is 33.3 Å². The maximum absolute atomic E-state index is 12.6. The summed E-state index contributed by atoms with van der Waals surface area (Å²) in [6.07, 6.45) is 1.30. The number of benzene rings is 2. The van der Waals surface area contributed by atoms with Crippen molar-refractivity contribution in [1.29, 1.82) is 0 Å². The van der Waals surface area contributed by atoms with Gasteiger partial charge < -0.3 is 0 Å². The van der Waals surface area contributed by atoms with Crippen molar-refractivity contribution in [1.82, 2.24) is 19.6 Å². The normalized spacial score (nSPS) is 11.0. The van der Waals surface area contributed by atoms with E-state index >= 15 is 0 Å². The number of nitrogens with zero attached hydrogens (tertiary/aromatic N) is 4. The molecule has 128 valence electrons. The summed E-state index contributed by atoms with van der Waals surface area (Å²) < 4.78 is 1.08. The quantitative estimate of drug-likeness (QED) is 0.602. The van der Waals surface area contributed by atoms with Crippen LogP contribution in [0.5, 0.6) is 0 Å². The lowest BCUT2D eigenvalue weighted by molar-refractivity contribution is 0.101. The monoisotopic (exact) mass is 345 g/mol. The van der Waals surface area contributed by atoms with Gasteiger partial charge in [0.1, 0.15) is 6.33 Å². The van der Waals surface area contributed by atoms with Crippen LogP contribution in [0, 0.1) is 13.8 Å². The number of aryl methyl sites for hydroxylation is 2. The summed E-state index contributed by atoms with van der Waals surface area (Å²) in [4.78, 5) is 38.1. The Balaban J connectivity index is 1.70. The van der Waals surface area contributed by atoms with E-state index in [4.69, 9.17) is 0 Å². The van der Waals surface area contributed by atoms with Gasteiger partial charge >= 0.3 is 0 Å². The second-order valence-corrected chi connectivity index (χ2v) is 5.98. The van der Waals surface area contributed by atoms with Crippen LogP contribution in [0.2, 0.25) is 0 Å². The number of rotatable bonds is 2. The second kappa shape index (κ2) is 6.03. The van der Waals surface area contributed by atoms with Crippen LogP contribution in [0.4, 0.5) is 0 Å². The molecule has 2 heterocycles. The van der Waals surface area contributed by atoms with Gasteiger partial charge in [-0.05, 0) is 44.2 Å². The predicted octanol–water partition coefficient (Wildman–Crippen LogP) is 2.34. The van der Waals surface area contributed by atoms with Crippen LogP contribution in [0.1, 0.15) is 21.7 Å². The first-order chi connectivity index (χ1) is 12.5. The molecule has 4 rings (SSSR count). The molecule has 0 spiro atoms. The minimum atomic E-state index is -0.425. The Kier molecular flexibility index (Phi) is 3.69. The van der Waals surface area contributed by atoms with Gasteiger partial charge in [0, 0.05) is 5.56 Å². The summed E-state index contributed by atoms with van der Waals surface area (Å²) in [5, 5.41) is 0.436. The smallest absolute Gasteiger partial charge is 0.267 e. The van der Waals surface area contributed by atoms with Gasteiger partial charge in [0.15, 0.2) is 0 Å². The highest BCUT2D eigenvalue weighted by atomic mass is 16.2. The molecule has 4 aromatic rings. The van der Waals surface area contributed by atoms with Crippen LogP contribution < -0.4 is 11.0 Å². The van der Waals surface area contributed by atoms with E-state index in [1.807, 2.05) is 13.8 Å². The van der Waals surface area contributed by atoms with Crippen molar-refractivity contribution in [2.24, 2.45) is 0 Å². The predicted molar refractivity (Wildman–Crippen MR) is 98.7 cm³/mol. The largest absolute Gasteiger partial charge is 0.280 e. The van der Waals surface area contributed by atoms with E-state index < -0.39 is 5.91 Å². The van der Waals surface area contributed by atoms with E-state index in [-0.39, 0.29) is 5.56 Å². The molecular formula is C19H15N5O2. The zero-order valence-corrected chi connectivity index (χ0v) is 14.2. The third-order valence-electron chi connectivity index (χ3n) is 4.23. The summed E-state index contributed by atoms with van der Waals surface area (Å²) in [6.45, 7) is 3.76. The van der Waals surface area contributed by atoms with Gasteiger partial charge in [-0.15, -0.1) is 0 Å². The number of fused-ring (bicyclic) bond motifs is 2. The lowest BCUT2D eigenvalue weighted by atomic mass is 10.1. The summed E-state index contributed by atoms with van der Waals surface area (Å²) >= 11 is 0. The van der Waals surface area contributed by atoms with E-state index in [0.717, 1.165) is 16.1 Å². The zero-order chi connectivity index (χ0) is 18.3. The zero-order valence-electron chi connectivity index (χ0n) is 14.2. The minimum Gasteiger partial charge on any atom is -0.267 e. The highest BCUT2D eigenvalue weighted by Crippen LogP contribution is 2.14. The molecule has 0 radical (unpaired) electrons. The molecular weight excluding hydrogens is 330 g/mol. The summed E-state index contributed by atoms with van der Waals surface area (Å²) in [7, 11) is 0. The van der Waals surface area contributed by atoms with Gasteiger partial charge in [-0.25, -0.2) is 19.6 Å². The van der Waals surface area contributed by atoms with E-state index in [1.54, 1.807) is 42.5 Å². The van der Waals surface area contributed by atoms with E-state index in [0.29, 0.717) is 27.5 Å². The molecule has 1 N–H and O–H groups in total. The van der Waals surface area contributed by atoms with Gasteiger partial charge in [-0.3, -0.25) is 15.0 Å². The molecule has 0 atom stereocenters. The molecule has 2 aromatic heterocycles. The minimum absolute atomic E-state index is 0.337. The Bertz CT molecular complexity index is 1230. The number of nitrogens with one attached hydrogen (secondary N) is 1.